The highest BCUT2D eigenvalue weighted by Crippen LogP contribution is 2.29. The lowest BCUT2D eigenvalue weighted by Crippen LogP contribution is -2.24. The van der Waals surface area contributed by atoms with Gasteiger partial charge in [-0.1, -0.05) is 22.0 Å². The zero-order valence-corrected chi connectivity index (χ0v) is 9.85. The van der Waals surface area contributed by atoms with E-state index in [4.69, 9.17) is 0 Å². The normalized spacial score (nSPS) is 20.9. The quantitative estimate of drug-likeness (QED) is 0.747. The van der Waals surface area contributed by atoms with Crippen molar-refractivity contribution in [3.8, 4) is 0 Å². The van der Waals surface area contributed by atoms with Crippen molar-refractivity contribution in [1.82, 2.24) is 10.3 Å². The molecule has 3 rings (SSSR count). The number of carbonyl (C=O) groups excluding carboxylic acids is 1. The number of amides is 1. The molecule has 16 heavy (non-hydrogen) atoms. The Balaban J connectivity index is 2.12. The minimum Gasteiger partial charge on any atom is -0.309 e. The number of halogens is 1. The summed E-state index contributed by atoms with van der Waals surface area (Å²) in [4.78, 5) is 13.7. The molecule has 1 aliphatic rings. The van der Waals surface area contributed by atoms with Gasteiger partial charge in [-0.2, -0.15) is 0 Å². The van der Waals surface area contributed by atoms with Gasteiger partial charge in [0.15, 0.2) is 5.52 Å². The standard InChI is InChI=1S/C10H8BrN3O2/c11-6-4-9(15)14(5-6)8-3-1-2-7-10(8)13-16-12-7/h1-3,6H,4-5H2. The second kappa shape index (κ2) is 3.55. The number of carbonyl (C=O) groups is 1. The molecular formula is C10H8BrN3O2. The fraction of sp³-hybridized carbons (Fsp3) is 0.300. The molecule has 0 aliphatic carbocycles. The molecule has 0 spiro atoms. The third kappa shape index (κ3) is 1.41. The molecule has 0 radical (unpaired) electrons. The molecule has 1 aromatic carbocycles. The number of rotatable bonds is 1. The highest BCUT2D eigenvalue weighted by atomic mass is 79.9. The van der Waals surface area contributed by atoms with Crippen molar-refractivity contribution >= 4 is 38.6 Å². The largest absolute Gasteiger partial charge is 0.309 e. The molecule has 1 saturated heterocycles. The number of benzene rings is 1. The Morgan fingerprint density at radius 2 is 2.31 bits per heavy atom. The molecule has 5 nitrogen and oxygen atoms in total. The number of nitrogens with zero attached hydrogens (tertiary/aromatic N) is 3. The SMILES string of the molecule is O=C1CC(Br)CN1c1cccc2nonc12. The van der Waals surface area contributed by atoms with Crippen LogP contribution >= 0.6 is 15.9 Å². The van der Waals surface area contributed by atoms with Crippen LogP contribution in [0.4, 0.5) is 5.69 Å². The van der Waals surface area contributed by atoms with Gasteiger partial charge in [-0.3, -0.25) is 4.79 Å². The molecule has 0 bridgehead atoms. The van der Waals surface area contributed by atoms with Crippen molar-refractivity contribution in [3.05, 3.63) is 18.2 Å². The van der Waals surface area contributed by atoms with Gasteiger partial charge in [0, 0.05) is 17.8 Å². The first-order valence-corrected chi connectivity index (χ1v) is 5.83. The van der Waals surface area contributed by atoms with Crippen molar-refractivity contribution in [2.75, 3.05) is 11.4 Å². The first kappa shape index (κ1) is 9.77. The van der Waals surface area contributed by atoms with Crippen LogP contribution in [0.15, 0.2) is 22.8 Å². The molecule has 1 fully saturated rings. The third-order valence-corrected chi connectivity index (χ3v) is 3.25. The molecule has 6 heteroatoms. The summed E-state index contributed by atoms with van der Waals surface area (Å²) in [5.74, 6) is 0.0948. The molecule has 1 unspecified atom stereocenters. The van der Waals surface area contributed by atoms with Crippen LogP contribution in [-0.2, 0) is 4.79 Å². The van der Waals surface area contributed by atoms with Gasteiger partial charge in [0.1, 0.15) is 5.52 Å². The summed E-state index contributed by atoms with van der Waals surface area (Å²) in [7, 11) is 0. The number of aromatic nitrogens is 2. The van der Waals surface area contributed by atoms with E-state index in [1.165, 1.54) is 0 Å². The Morgan fingerprint density at radius 3 is 3.06 bits per heavy atom. The first-order chi connectivity index (χ1) is 7.75. The predicted octanol–water partition coefficient (Wildman–Crippen LogP) is 1.72. The van der Waals surface area contributed by atoms with E-state index in [1.807, 2.05) is 18.2 Å². The minimum atomic E-state index is 0.0948. The number of anilines is 1. The van der Waals surface area contributed by atoms with Crippen LogP contribution in [0.1, 0.15) is 6.42 Å². The van der Waals surface area contributed by atoms with Gasteiger partial charge in [-0.05, 0) is 22.4 Å². The third-order valence-electron chi connectivity index (χ3n) is 2.63. The Labute approximate surface area is 99.5 Å². The second-order valence-corrected chi connectivity index (χ2v) is 5.01. The van der Waals surface area contributed by atoms with Crippen LogP contribution in [0.3, 0.4) is 0 Å². The zero-order chi connectivity index (χ0) is 11.1. The van der Waals surface area contributed by atoms with Crippen molar-refractivity contribution in [2.24, 2.45) is 0 Å². The lowest BCUT2D eigenvalue weighted by molar-refractivity contribution is -0.117. The molecule has 1 atom stereocenters. The predicted molar refractivity (Wildman–Crippen MR) is 61.5 cm³/mol. The zero-order valence-electron chi connectivity index (χ0n) is 8.26. The number of hydrogen-bond acceptors (Lipinski definition) is 4. The number of hydrogen-bond donors (Lipinski definition) is 0. The average Bonchev–Trinajstić information content (AvgIpc) is 2.84. The van der Waals surface area contributed by atoms with Gasteiger partial charge in [0.2, 0.25) is 5.91 Å². The van der Waals surface area contributed by atoms with Gasteiger partial charge in [0.25, 0.3) is 0 Å². The van der Waals surface area contributed by atoms with Gasteiger partial charge in [0.05, 0.1) is 5.69 Å². The average molecular weight is 282 g/mol. The summed E-state index contributed by atoms with van der Waals surface area (Å²) in [6.45, 7) is 0.658. The first-order valence-electron chi connectivity index (χ1n) is 4.91. The monoisotopic (exact) mass is 281 g/mol. The summed E-state index contributed by atoms with van der Waals surface area (Å²) in [5, 5.41) is 7.59. The maximum Gasteiger partial charge on any atom is 0.228 e. The van der Waals surface area contributed by atoms with E-state index in [1.54, 1.807) is 4.90 Å². The van der Waals surface area contributed by atoms with E-state index in [2.05, 4.69) is 30.9 Å². The smallest absolute Gasteiger partial charge is 0.228 e. The molecule has 2 heterocycles. The fourth-order valence-corrected chi connectivity index (χ4v) is 2.47. The highest BCUT2D eigenvalue weighted by molar-refractivity contribution is 9.09. The molecule has 0 N–H and O–H groups in total. The van der Waals surface area contributed by atoms with Gasteiger partial charge in [-0.25, -0.2) is 4.63 Å². The highest BCUT2D eigenvalue weighted by Gasteiger charge is 2.30. The van der Waals surface area contributed by atoms with Crippen LogP contribution < -0.4 is 4.90 Å². The summed E-state index contributed by atoms with van der Waals surface area (Å²) in [6.07, 6.45) is 0.516. The molecule has 1 aliphatic heterocycles. The maximum atomic E-state index is 11.8. The molecule has 2 aromatic rings. The van der Waals surface area contributed by atoms with Crippen LogP contribution in [-0.4, -0.2) is 27.6 Å². The molecule has 82 valence electrons. The van der Waals surface area contributed by atoms with Crippen molar-refractivity contribution in [1.29, 1.82) is 0 Å². The Hall–Kier alpha value is -1.43. The Bertz CT molecular complexity index is 554. The number of alkyl halides is 1. The van der Waals surface area contributed by atoms with Crippen molar-refractivity contribution < 1.29 is 9.42 Å². The number of fused-ring (bicyclic) bond motifs is 1. The van der Waals surface area contributed by atoms with Gasteiger partial charge in [-0.15, -0.1) is 0 Å². The van der Waals surface area contributed by atoms with E-state index in [-0.39, 0.29) is 10.7 Å². The molecule has 0 saturated carbocycles. The summed E-state index contributed by atoms with van der Waals surface area (Å²) >= 11 is 3.45. The maximum absolute atomic E-state index is 11.8. The minimum absolute atomic E-state index is 0.0948. The van der Waals surface area contributed by atoms with Crippen LogP contribution in [0.2, 0.25) is 0 Å². The Kier molecular flexibility index (Phi) is 2.17. The van der Waals surface area contributed by atoms with E-state index < -0.39 is 0 Å². The summed E-state index contributed by atoms with van der Waals surface area (Å²) in [6, 6.07) is 5.51. The van der Waals surface area contributed by atoms with E-state index in [0.29, 0.717) is 24.0 Å². The Morgan fingerprint density at radius 1 is 1.44 bits per heavy atom. The van der Waals surface area contributed by atoms with E-state index in [9.17, 15) is 4.79 Å². The second-order valence-electron chi connectivity index (χ2n) is 3.71. The lowest BCUT2D eigenvalue weighted by Gasteiger charge is -2.15. The van der Waals surface area contributed by atoms with Crippen LogP contribution in [0, 0.1) is 0 Å². The van der Waals surface area contributed by atoms with Crippen molar-refractivity contribution in [2.45, 2.75) is 11.2 Å². The van der Waals surface area contributed by atoms with Crippen molar-refractivity contribution in [3.63, 3.8) is 0 Å². The van der Waals surface area contributed by atoms with Crippen LogP contribution in [0.5, 0.6) is 0 Å². The topological polar surface area (TPSA) is 59.2 Å². The van der Waals surface area contributed by atoms with Gasteiger partial charge >= 0.3 is 0 Å². The van der Waals surface area contributed by atoms with E-state index >= 15 is 0 Å². The van der Waals surface area contributed by atoms with E-state index in [0.717, 1.165) is 5.69 Å². The fourth-order valence-electron chi connectivity index (χ4n) is 1.91. The lowest BCUT2D eigenvalue weighted by atomic mass is 10.2. The summed E-state index contributed by atoms with van der Waals surface area (Å²) in [5.41, 5.74) is 2.08. The summed E-state index contributed by atoms with van der Waals surface area (Å²) < 4.78 is 4.68. The molecule has 1 amide bonds. The van der Waals surface area contributed by atoms with Crippen LogP contribution in [0.25, 0.3) is 11.0 Å². The van der Waals surface area contributed by atoms with Gasteiger partial charge < -0.3 is 4.90 Å². The molecular weight excluding hydrogens is 274 g/mol. The molecule has 1 aromatic heterocycles.